The monoisotopic (exact) mass is 392 g/mol. The maximum atomic E-state index is 12.7. The van der Waals surface area contributed by atoms with Gasteiger partial charge >= 0.3 is 12.0 Å². The zero-order chi connectivity index (χ0) is 20.8. The molecule has 1 heterocycles. The zero-order valence-corrected chi connectivity index (χ0v) is 16.1. The minimum absolute atomic E-state index is 0.0170. The van der Waals surface area contributed by atoms with Crippen molar-refractivity contribution in [3.05, 3.63) is 33.9 Å². The van der Waals surface area contributed by atoms with E-state index in [0.717, 1.165) is 18.9 Å². The van der Waals surface area contributed by atoms with Gasteiger partial charge in [0.2, 0.25) is 0 Å². The van der Waals surface area contributed by atoms with Gasteiger partial charge in [0.1, 0.15) is 0 Å². The van der Waals surface area contributed by atoms with Crippen LogP contribution in [-0.4, -0.2) is 49.1 Å². The average Bonchev–Trinajstić information content (AvgIpc) is 2.67. The molecule has 10 nitrogen and oxygen atoms in total. The highest BCUT2D eigenvalue weighted by Gasteiger charge is 2.27. The molecule has 28 heavy (non-hydrogen) atoms. The van der Waals surface area contributed by atoms with Crippen molar-refractivity contribution in [3.63, 3.8) is 0 Å². The number of nitrogens with zero attached hydrogens (tertiary/aromatic N) is 2. The maximum absolute atomic E-state index is 12.7. The fraction of sp³-hybridized carbons (Fsp3) is 0.500. The Morgan fingerprint density at radius 1 is 1.29 bits per heavy atom. The summed E-state index contributed by atoms with van der Waals surface area (Å²) in [4.78, 5) is 48.3. The van der Waals surface area contributed by atoms with Crippen molar-refractivity contribution in [3.8, 4) is 0 Å². The predicted octanol–water partition coefficient (Wildman–Crippen LogP) is 1.83. The van der Waals surface area contributed by atoms with Crippen molar-refractivity contribution in [1.29, 1.82) is 0 Å². The zero-order valence-electron chi connectivity index (χ0n) is 16.1. The molecule has 0 spiro atoms. The quantitative estimate of drug-likeness (QED) is 0.444. The van der Waals surface area contributed by atoms with E-state index in [0.29, 0.717) is 24.7 Å². The van der Waals surface area contributed by atoms with Crippen LogP contribution in [0.15, 0.2) is 18.2 Å². The SMILES string of the molecule is CNC(=O)NC(=O)[C@H](C)OC(=O)c1cc([N+](=O)[O-])ccc1N1CCC(C)CC1. The summed E-state index contributed by atoms with van der Waals surface area (Å²) in [5.74, 6) is -1.10. The van der Waals surface area contributed by atoms with Crippen LogP contribution >= 0.6 is 0 Å². The van der Waals surface area contributed by atoms with Crippen molar-refractivity contribution in [2.45, 2.75) is 32.8 Å². The van der Waals surface area contributed by atoms with Gasteiger partial charge in [-0.25, -0.2) is 9.59 Å². The number of ether oxygens (including phenoxy) is 1. The molecule has 0 radical (unpaired) electrons. The number of carbonyl (C=O) groups is 3. The standard InChI is InChI=1S/C18H24N4O6/c1-11-6-8-21(9-7-11)15-5-4-13(22(26)27)10-14(15)17(24)28-12(2)16(23)20-18(25)19-3/h4-5,10-12H,6-9H2,1-3H3,(H2,19,20,23,25)/t12-/m0/s1. The Morgan fingerprint density at radius 3 is 2.50 bits per heavy atom. The van der Waals surface area contributed by atoms with E-state index in [2.05, 4.69) is 12.2 Å². The number of anilines is 1. The number of nitro benzene ring substituents is 1. The van der Waals surface area contributed by atoms with Crippen LogP contribution in [0, 0.1) is 16.0 Å². The molecule has 1 saturated heterocycles. The van der Waals surface area contributed by atoms with E-state index < -0.39 is 28.9 Å². The number of imide groups is 1. The van der Waals surface area contributed by atoms with E-state index in [1.165, 1.54) is 26.1 Å². The number of hydrogen-bond donors (Lipinski definition) is 2. The van der Waals surface area contributed by atoms with Crippen LogP contribution in [0.3, 0.4) is 0 Å². The highest BCUT2D eigenvalue weighted by Crippen LogP contribution is 2.30. The number of carbonyl (C=O) groups excluding carboxylic acids is 3. The number of nitro groups is 1. The number of urea groups is 1. The van der Waals surface area contributed by atoms with Crippen molar-refractivity contribution in [2.75, 3.05) is 25.0 Å². The molecule has 2 rings (SSSR count). The largest absolute Gasteiger partial charge is 0.449 e. The number of nitrogens with one attached hydrogen (secondary N) is 2. The van der Waals surface area contributed by atoms with E-state index in [-0.39, 0.29) is 11.3 Å². The van der Waals surface area contributed by atoms with Crippen molar-refractivity contribution < 1.29 is 24.0 Å². The summed E-state index contributed by atoms with van der Waals surface area (Å²) < 4.78 is 5.15. The van der Waals surface area contributed by atoms with E-state index in [4.69, 9.17) is 4.74 Å². The fourth-order valence-electron chi connectivity index (χ4n) is 2.88. The highest BCUT2D eigenvalue weighted by molar-refractivity contribution is 6.00. The van der Waals surface area contributed by atoms with Crippen LogP contribution in [0.5, 0.6) is 0 Å². The number of non-ortho nitro benzene ring substituents is 1. The third-order valence-corrected chi connectivity index (χ3v) is 4.65. The van der Waals surface area contributed by atoms with Gasteiger partial charge in [0.05, 0.1) is 16.2 Å². The number of esters is 1. The number of rotatable bonds is 5. The average molecular weight is 392 g/mol. The molecular formula is C18H24N4O6. The molecule has 1 aliphatic rings. The molecule has 0 unspecified atom stereocenters. The van der Waals surface area contributed by atoms with Crippen LogP contribution in [0.2, 0.25) is 0 Å². The Kier molecular flexibility index (Phi) is 6.91. The summed E-state index contributed by atoms with van der Waals surface area (Å²) in [6.45, 7) is 4.89. The lowest BCUT2D eigenvalue weighted by Crippen LogP contribution is -2.43. The first-order chi connectivity index (χ1) is 13.2. The van der Waals surface area contributed by atoms with Crippen LogP contribution in [0.25, 0.3) is 0 Å². The lowest BCUT2D eigenvalue weighted by molar-refractivity contribution is -0.384. The van der Waals surface area contributed by atoms with Crippen LogP contribution in [0.1, 0.15) is 37.0 Å². The van der Waals surface area contributed by atoms with Gasteiger partial charge in [-0.15, -0.1) is 0 Å². The number of benzene rings is 1. The lowest BCUT2D eigenvalue weighted by atomic mass is 9.98. The molecule has 1 aliphatic heterocycles. The summed E-state index contributed by atoms with van der Waals surface area (Å²) in [7, 11) is 1.34. The molecule has 0 bridgehead atoms. The molecule has 1 atom stereocenters. The summed E-state index contributed by atoms with van der Waals surface area (Å²) in [5.41, 5.74) is 0.299. The van der Waals surface area contributed by atoms with Gasteiger partial charge in [-0.3, -0.25) is 20.2 Å². The Labute approximate surface area is 162 Å². The number of hydrogen-bond acceptors (Lipinski definition) is 7. The van der Waals surface area contributed by atoms with Gasteiger partial charge in [0, 0.05) is 32.3 Å². The fourth-order valence-corrected chi connectivity index (χ4v) is 2.88. The first-order valence-corrected chi connectivity index (χ1v) is 8.99. The molecule has 10 heteroatoms. The van der Waals surface area contributed by atoms with Gasteiger partial charge in [0.15, 0.2) is 6.10 Å². The predicted molar refractivity (Wildman–Crippen MR) is 101 cm³/mol. The first-order valence-electron chi connectivity index (χ1n) is 8.99. The summed E-state index contributed by atoms with van der Waals surface area (Å²) >= 11 is 0. The second-order valence-electron chi connectivity index (χ2n) is 6.74. The van der Waals surface area contributed by atoms with Crippen LogP contribution in [-0.2, 0) is 9.53 Å². The second-order valence-corrected chi connectivity index (χ2v) is 6.74. The summed E-state index contributed by atoms with van der Waals surface area (Å²) in [6, 6.07) is 3.29. The Morgan fingerprint density at radius 2 is 1.93 bits per heavy atom. The lowest BCUT2D eigenvalue weighted by Gasteiger charge is -2.33. The molecule has 0 saturated carbocycles. The van der Waals surface area contributed by atoms with Gasteiger partial charge in [-0.2, -0.15) is 0 Å². The molecule has 0 aliphatic carbocycles. The maximum Gasteiger partial charge on any atom is 0.341 e. The topological polar surface area (TPSA) is 131 Å². The van der Waals surface area contributed by atoms with Crippen molar-refractivity contribution >= 4 is 29.3 Å². The van der Waals surface area contributed by atoms with Gasteiger partial charge in [0.25, 0.3) is 11.6 Å². The minimum Gasteiger partial charge on any atom is -0.449 e. The highest BCUT2D eigenvalue weighted by atomic mass is 16.6. The van der Waals surface area contributed by atoms with Gasteiger partial charge < -0.3 is 15.0 Å². The second kappa shape index (κ2) is 9.16. The van der Waals surface area contributed by atoms with Gasteiger partial charge in [-0.05, 0) is 31.7 Å². The molecule has 3 amide bonds. The molecule has 1 aromatic carbocycles. The van der Waals surface area contributed by atoms with Crippen LogP contribution in [0.4, 0.5) is 16.2 Å². The first kappa shape index (κ1) is 21.1. The third kappa shape index (κ3) is 5.18. The Bertz CT molecular complexity index is 773. The van der Waals surface area contributed by atoms with Gasteiger partial charge in [-0.1, -0.05) is 6.92 Å². The molecule has 1 aromatic rings. The third-order valence-electron chi connectivity index (χ3n) is 4.65. The van der Waals surface area contributed by atoms with Crippen molar-refractivity contribution in [2.24, 2.45) is 5.92 Å². The Hall–Kier alpha value is -3.17. The molecule has 152 valence electrons. The molecule has 0 aromatic heterocycles. The summed E-state index contributed by atoms with van der Waals surface area (Å²) in [5, 5.41) is 15.4. The molecular weight excluding hydrogens is 368 g/mol. The minimum atomic E-state index is -1.25. The number of piperidine rings is 1. The van der Waals surface area contributed by atoms with E-state index in [9.17, 15) is 24.5 Å². The smallest absolute Gasteiger partial charge is 0.341 e. The Balaban J connectivity index is 2.24. The summed E-state index contributed by atoms with van der Waals surface area (Å²) in [6.07, 6.45) is 0.630. The van der Waals surface area contributed by atoms with Crippen LogP contribution < -0.4 is 15.5 Å². The van der Waals surface area contributed by atoms with E-state index in [1.54, 1.807) is 0 Å². The molecule has 1 fully saturated rings. The van der Waals surface area contributed by atoms with Crippen molar-refractivity contribution in [1.82, 2.24) is 10.6 Å². The normalized spacial score (nSPS) is 15.5. The van der Waals surface area contributed by atoms with E-state index in [1.807, 2.05) is 10.2 Å². The number of amides is 3. The molecule has 2 N–H and O–H groups in total. The van der Waals surface area contributed by atoms with E-state index >= 15 is 0 Å².